The maximum atomic E-state index is 3.74. The fourth-order valence-electron chi connectivity index (χ4n) is 3.14. The third-order valence-corrected chi connectivity index (χ3v) is 17.1. The van der Waals surface area contributed by atoms with Gasteiger partial charge in [0.2, 0.25) is 0 Å². The predicted molar refractivity (Wildman–Crippen MR) is 95.5 cm³/mol. The van der Waals surface area contributed by atoms with E-state index in [-0.39, 0.29) is 0 Å². The third kappa shape index (κ3) is 4.08. The molecule has 19 heavy (non-hydrogen) atoms. The van der Waals surface area contributed by atoms with Gasteiger partial charge in [-0.05, 0) is 11.4 Å². The van der Waals surface area contributed by atoms with Crippen LogP contribution in [-0.2, 0) is 0 Å². The minimum absolute atomic E-state index is 0.722. The van der Waals surface area contributed by atoms with E-state index in [4.69, 9.17) is 0 Å². The molecule has 0 saturated heterocycles. The summed E-state index contributed by atoms with van der Waals surface area (Å²) in [6.45, 7) is 14.7. The lowest BCUT2D eigenvalue weighted by Crippen LogP contribution is -2.48. The Hall–Kier alpha value is -0.306. The minimum atomic E-state index is -1.23. The van der Waals surface area contributed by atoms with Crippen LogP contribution in [0.25, 0.3) is 0 Å². The van der Waals surface area contributed by atoms with Crippen molar-refractivity contribution in [2.45, 2.75) is 63.7 Å². The Morgan fingerprint density at radius 1 is 1.11 bits per heavy atom. The van der Waals surface area contributed by atoms with Crippen molar-refractivity contribution in [1.29, 1.82) is 0 Å². The highest BCUT2D eigenvalue weighted by Gasteiger charge is 2.42. The molecule has 0 aromatic carbocycles. The summed E-state index contributed by atoms with van der Waals surface area (Å²) < 4.78 is 0. The molecule has 0 aliphatic heterocycles. The van der Waals surface area contributed by atoms with Crippen molar-refractivity contribution in [2.24, 2.45) is 0 Å². The van der Waals surface area contributed by atoms with Crippen LogP contribution in [0.2, 0.25) is 42.9 Å². The summed E-state index contributed by atoms with van der Waals surface area (Å²) in [5.41, 5.74) is 1.21. The van der Waals surface area contributed by atoms with E-state index in [1.807, 2.05) is 0 Å². The van der Waals surface area contributed by atoms with Gasteiger partial charge in [0.15, 0.2) is 0 Å². The van der Waals surface area contributed by atoms with Gasteiger partial charge in [0.05, 0.1) is 16.1 Å². The fourth-order valence-corrected chi connectivity index (χ4v) is 16.5. The highest BCUT2D eigenvalue weighted by atomic mass is 32.1. The van der Waals surface area contributed by atoms with Gasteiger partial charge in [-0.1, -0.05) is 64.5 Å². The highest BCUT2D eigenvalue weighted by molar-refractivity contribution is 7.08. The SMILES string of the molecule is CC[Si](CC)(CC)C(C#Cc1ccsc1)[Si](C)(C)C. The molecule has 1 aromatic rings. The Balaban J connectivity index is 3.15. The monoisotopic (exact) mass is 308 g/mol. The smallest absolute Gasteiger partial charge is 0.0662 e. The molecule has 0 aliphatic rings. The van der Waals surface area contributed by atoms with Gasteiger partial charge < -0.3 is 0 Å². The van der Waals surface area contributed by atoms with Crippen molar-refractivity contribution in [1.82, 2.24) is 0 Å². The summed E-state index contributed by atoms with van der Waals surface area (Å²) in [5, 5.41) is 5.01. The van der Waals surface area contributed by atoms with Gasteiger partial charge in [-0.3, -0.25) is 0 Å². The van der Waals surface area contributed by atoms with E-state index in [0.717, 1.165) is 5.16 Å². The Morgan fingerprint density at radius 2 is 1.68 bits per heavy atom. The molecule has 1 heterocycles. The zero-order valence-corrected chi connectivity index (χ0v) is 16.2. The second-order valence-corrected chi connectivity index (χ2v) is 18.6. The third-order valence-electron chi connectivity index (χ3n) is 4.47. The summed E-state index contributed by atoms with van der Waals surface area (Å²) in [4.78, 5) is 0. The van der Waals surface area contributed by atoms with E-state index >= 15 is 0 Å². The van der Waals surface area contributed by atoms with E-state index < -0.39 is 16.1 Å². The number of hydrogen-bond donors (Lipinski definition) is 0. The maximum absolute atomic E-state index is 3.74. The first-order chi connectivity index (χ1) is 8.89. The number of rotatable bonds is 5. The summed E-state index contributed by atoms with van der Waals surface area (Å²) in [6.07, 6.45) is 0. The van der Waals surface area contributed by atoms with Crippen LogP contribution in [0, 0.1) is 11.8 Å². The van der Waals surface area contributed by atoms with Crippen molar-refractivity contribution in [2.75, 3.05) is 0 Å². The summed E-state index contributed by atoms with van der Waals surface area (Å²) in [7, 11) is -2.45. The molecule has 0 bridgehead atoms. The van der Waals surface area contributed by atoms with Crippen molar-refractivity contribution >= 4 is 27.5 Å². The van der Waals surface area contributed by atoms with Crippen LogP contribution in [0.3, 0.4) is 0 Å². The largest absolute Gasteiger partial charge is 0.151 e. The van der Waals surface area contributed by atoms with Crippen LogP contribution in [0.4, 0.5) is 0 Å². The first-order valence-corrected chi connectivity index (χ1v) is 14.6. The Bertz CT molecular complexity index is 419. The zero-order valence-electron chi connectivity index (χ0n) is 13.3. The zero-order chi connectivity index (χ0) is 14.5. The van der Waals surface area contributed by atoms with Gasteiger partial charge in [0, 0.05) is 16.1 Å². The average molecular weight is 309 g/mol. The van der Waals surface area contributed by atoms with Crippen LogP contribution in [-0.4, -0.2) is 16.1 Å². The number of thiophene rings is 1. The Morgan fingerprint density at radius 3 is 2.05 bits per heavy atom. The lowest BCUT2D eigenvalue weighted by atomic mass is 10.3. The van der Waals surface area contributed by atoms with E-state index in [2.05, 4.69) is 69.1 Å². The second-order valence-electron chi connectivity index (χ2n) is 6.50. The average Bonchev–Trinajstić information content (AvgIpc) is 2.86. The Labute approximate surface area is 125 Å². The molecule has 0 radical (unpaired) electrons. The molecule has 0 nitrogen and oxygen atoms in total. The quantitative estimate of drug-likeness (QED) is 0.472. The molecule has 106 valence electrons. The van der Waals surface area contributed by atoms with Crippen molar-refractivity contribution < 1.29 is 0 Å². The van der Waals surface area contributed by atoms with E-state index in [1.54, 1.807) is 11.3 Å². The van der Waals surface area contributed by atoms with Gasteiger partial charge in [-0.25, -0.2) is 0 Å². The molecule has 1 rings (SSSR count). The number of hydrogen-bond acceptors (Lipinski definition) is 1. The molecule has 1 unspecified atom stereocenters. The van der Waals surface area contributed by atoms with Gasteiger partial charge in [0.1, 0.15) is 0 Å². The van der Waals surface area contributed by atoms with Crippen LogP contribution >= 0.6 is 11.3 Å². The molecule has 0 spiro atoms. The normalized spacial score (nSPS) is 13.8. The highest BCUT2D eigenvalue weighted by Crippen LogP contribution is 2.39. The molecule has 0 amide bonds. The van der Waals surface area contributed by atoms with Gasteiger partial charge in [-0.2, -0.15) is 11.3 Å². The first kappa shape index (κ1) is 16.7. The molecule has 0 aliphatic carbocycles. The standard InChI is InChI=1S/C16H28SSi2/c1-7-19(8-2,9-3)16(18(4,5)6)11-10-15-12-13-17-14-15/h12-14,16H,7-9H2,1-6H3. The van der Waals surface area contributed by atoms with Gasteiger partial charge in [0.25, 0.3) is 0 Å². The van der Waals surface area contributed by atoms with Crippen LogP contribution < -0.4 is 0 Å². The summed E-state index contributed by atoms with van der Waals surface area (Å²) in [6, 6.07) is 6.29. The molecule has 1 atom stereocenters. The van der Waals surface area contributed by atoms with Crippen LogP contribution in [0.15, 0.2) is 16.8 Å². The van der Waals surface area contributed by atoms with Crippen LogP contribution in [0.5, 0.6) is 0 Å². The fraction of sp³-hybridized carbons (Fsp3) is 0.625. The summed E-state index contributed by atoms with van der Waals surface area (Å²) in [5.74, 6) is 7.21. The van der Waals surface area contributed by atoms with Crippen molar-refractivity contribution in [3.8, 4) is 11.8 Å². The van der Waals surface area contributed by atoms with Crippen molar-refractivity contribution in [3.05, 3.63) is 22.4 Å². The van der Waals surface area contributed by atoms with E-state index in [0.29, 0.717) is 0 Å². The predicted octanol–water partition coefficient (Wildman–Crippen LogP) is 5.86. The van der Waals surface area contributed by atoms with Crippen LogP contribution in [0.1, 0.15) is 26.3 Å². The summed E-state index contributed by atoms with van der Waals surface area (Å²) >= 11 is 1.74. The minimum Gasteiger partial charge on any atom is -0.151 e. The topological polar surface area (TPSA) is 0 Å². The maximum Gasteiger partial charge on any atom is 0.0662 e. The lowest BCUT2D eigenvalue weighted by molar-refractivity contribution is 1.11. The molecular formula is C16H28SSi2. The molecular weight excluding hydrogens is 280 g/mol. The molecule has 3 heteroatoms. The molecule has 0 saturated carbocycles. The van der Waals surface area contributed by atoms with Gasteiger partial charge in [-0.15, -0.1) is 5.92 Å². The Kier molecular flexibility index (Phi) is 6.10. The molecule has 0 N–H and O–H groups in total. The lowest BCUT2D eigenvalue weighted by Gasteiger charge is -2.41. The molecule has 0 fully saturated rings. The van der Waals surface area contributed by atoms with Gasteiger partial charge >= 0.3 is 0 Å². The van der Waals surface area contributed by atoms with Crippen molar-refractivity contribution in [3.63, 3.8) is 0 Å². The second kappa shape index (κ2) is 6.92. The first-order valence-electron chi connectivity index (χ1n) is 7.43. The molecule has 1 aromatic heterocycles. The van der Waals surface area contributed by atoms with E-state index in [9.17, 15) is 0 Å². The van der Waals surface area contributed by atoms with E-state index in [1.165, 1.54) is 23.7 Å².